The highest BCUT2D eigenvalue weighted by Gasteiger charge is 2.23. The van der Waals surface area contributed by atoms with Gasteiger partial charge in [0.05, 0.1) is 6.42 Å². The van der Waals surface area contributed by atoms with E-state index in [1.165, 1.54) is 12.8 Å². The van der Waals surface area contributed by atoms with E-state index >= 15 is 0 Å². The molecule has 4 heteroatoms. The lowest BCUT2D eigenvalue weighted by Crippen LogP contribution is -1.91. The maximum atomic E-state index is 9.18. The quantitative estimate of drug-likeness (QED) is 0.875. The molecule has 1 aliphatic rings. The molecular formula is C13H14N2O2. The minimum absolute atomic E-state index is 0.272. The van der Waals surface area contributed by atoms with Crippen LogP contribution in [0.1, 0.15) is 30.1 Å². The average Bonchev–Trinajstić information content (AvgIpc) is 3.02. The Hall–Kier alpha value is -1.84. The van der Waals surface area contributed by atoms with E-state index < -0.39 is 0 Å². The van der Waals surface area contributed by atoms with Crippen LogP contribution in [0.15, 0.2) is 28.8 Å². The molecule has 88 valence electrons. The van der Waals surface area contributed by atoms with Gasteiger partial charge in [-0.15, -0.1) is 0 Å². The monoisotopic (exact) mass is 230 g/mol. The van der Waals surface area contributed by atoms with Crippen LogP contribution < -0.4 is 0 Å². The van der Waals surface area contributed by atoms with Crippen LogP contribution >= 0.6 is 0 Å². The van der Waals surface area contributed by atoms with Crippen molar-refractivity contribution in [3.8, 4) is 5.75 Å². The fourth-order valence-corrected chi connectivity index (χ4v) is 1.81. The number of phenols is 1. The van der Waals surface area contributed by atoms with Crippen molar-refractivity contribution in [2.45, 2.75) is 25.7 Å². The first-order valence-electron chi connectivity index (χ1n) is 5.89. The Morgan fingerprint density at radius 1 is 1.24 bits per heavy atom. The fourth-order valence-electron chi connectivity index (χ4n) is 1.81. The van der Waals surface area contributed by atoms with E-state index in [4.69, 9.17) is 4.52 Å². The van der Waals surface area contributed by atoms with E-state index in [-0.39, 0.29) is 5.75 Å². The highest BCUT2D eigenvalue weighted by atomic mass is 16.5. The van der Waals surface area contributed by atoms with Crippen LogP contribution in [0.2, 0.25) is 0 Å². The number of hydrogen-bond acceptors (Lipinski definition) is 4. The summed E-state index contributed by atoms with van der Waals surface area (Å²) in [6.07, 6.45) is 4.15. The van der Waals surface area contributed by atoms with Gasteiger partial charge in [-0.3, -0.25) is 0 Å². The Morgan fingerprint density at radius 3 is 2.71 bits per heavy atom. The summed E-state index contributed by atoms with van der Waals surface area (Å²) < 4.78 is 5.20. The first-order valence-corrected chi connectivity index (χ1v) is 5.89. The molecule has 0 amide bonds. The predicted octanol–water partition coefficient (Wildman–Crippen LogP) is 2.32. The van der Waals surface area contributed by atoms with Crippen LogP contribution in [0, 0.1) is 5.92 Å². The molecule has 0 spiro atoms. The Kier molecular flexibility index (Phi) is 2.55. The number of nitrogens with zero attached hydrogens (tertiary/aromatic N) is 2. The molecule has 1 aromatic carbocycles. The smallest absolute Gasteiger partial charge is 0.231 e. The molecule has 1 aromatic heterocycles. The number of rotatable bonds is 4. The zero-order valence-corrected chi connectivity index (χ0v) is 9.47. The lowest BCUT2D eigenvalue weighted by molar-refractivity contribution is 0.378. The molecule has 1 heterocycles. The maximum Gasteiger partial charge on any atom is 0.231 e. The lowest BCUT2D eigenvalue weighted by Gasteiger charge is -1.96. The Morgan fingerprint density at radius 2 is 2.00 bits per heavy atom. The molecule has 0 aliphatic heterocycles. The predicted molar refractivity (Wildman–Crippen MR) is 61.6 cm³/mol. The van der Waals surface area contributed by atoms with E-state index in [0.29, 0.717) is 12.3 Å². The van der Waals surface area contributed by atoms with Crippen LogP contribution in [0.3, 0.4) is 0 Å². The third kappa shape index (κ3) is 2.64. The SMILES string of the molecule is Oc1ccc(Cc2nc(CC3CC3)no2)cc1. The van der Waals surface area contributed by atoms with Crippen LogP contribution in [-0.4, -0.2) is 15.2 Å². The van der Waals surface area contributed by atoms with Crippen LogP contribution in [0.25, 0.3) is 0 Å². The maximum absolute atomic E-state index is 9.18. The summed E-state index contributed by atoms with van der Waals surface area (Å²) in [4.78, 5) is 4.37. The van der Waals surface area contributed by atoms with Crippen LogP contribution in [0.4, 0.5) is 0 Å². The molecule has 1 fully saturated rings. The van der Waals surface area contributed by atoms with Gasteiger partial charge in [0.15, 0.2) is 5.82 Å². The summed E-state index contributed by atoms with van der Waals surface area (Å²) in [5.41, 5.74) is 1.06. The highest BCUT2D eigenvalue weighted by Crippen LogP contribution is 2.31. The molecule has 1 N–H and O–H groups in total. The van der Waals surface area contributed by atoms with Crippen LogP contribution in [-0.2, 0) is 12.8 Å². The zero-order valence-electron chi connectivity index (χ0n) is 9.47. The highest BCUT2D eigenvalue weighted by molar-refractivity contribution is 5.27. The second-order valence-electron chi connectivity index (χ2n) is 4.60. The molecule has 0 saturated heterocycles. The molecule has 17 heavy (non-hydrogen) atoms. The van der Waals surface area contributed by atoms with Gasteiger partial charge in [-0.2, -0.15) is 4.98 Å². The molecule has 0 atom stereocenters. The minimum atomic E-state index is 0.272. The van der Waals surface area contributed by atoms with E-state index in [1.807, 2.05) is 12.1 Å². The molecule has 3 rings (SSSR count). The molecule has 1 aliphatic carbocycles. The number of phenolic OH excluding ortho intramolecular Hbond substituents is 1. The van der Waals surface area contributed by atoms with Crippen molar-refractivity contribution in [3.63, 3.8) is 0 Å². The van der Waals surface area contributed by atoms with Crippen molar-refractivity contribution >= 4 is 0 Å². The van der Waals surface area contributed by atoms with Gasteiger partial charge < -0.3 is 9.63 Å². The summed E-state index contributed by atoms with van der Waals surface area (Å²) in [7, 11) is 0. The first-order chi connectivity index (χ1) is 8.29. The summed E-state index contributed by atoms with van der Waals surface area (Å²) in [6, 6.07) is 7.05. The second kappa shape index (κ2) is 4.20. The van der Waals surface area contributed by atoms with E-state index in [0.717, 1.165) is 23.7 Å². The van der Waals surface area contributed by atoms with Gasteiger partial charge in [0.25, 0.3) is 0 Å². The van der Waals surface area contributed by atoms with Gasteiger partial charge in [-0.05, 0) is 36.5 Å². The van der Waals surface area contributed by atoms with Gasteiger partial charge in [0.1, 0.15) is 5.75 Å². The summed E-state index contributed by atoms with van der Waals surface area (Å²) >= 11 is 0. The van der Waals surface area contributed by atoms with E-state index in [1.54, 1.807) is 12.1 Å². The third-order valence-electron chi connectivity index (χ3n) is 2.97. The van der Waals surface area contributed by atoms with E-state index in [9.17, 15) is 5.11 Å². The zero-order chi connectivity index (χ0) is 11.7. The Bertz CT molecular complexity index is 500. The largest absolute Gasteiger partial charge is 0.508 e. The van der Waals surface area contributed by atoms with Gasteiger partial charge in [-0.25, -0.2) is 0 Å². The summed E-state index contributed by atoms with van der Waals surface area (Å²) in [6.45, 7) is 0. The van der Waals surface area contributed by atoms with Gasteiger partial charge in [0.2, 0.25) is 5.89 Å². The lowest BCUT2D eigenvalue weighted by atomic mass is 10.1. The average molecular weight is 230 g/mol. The Balaban J connectivity index is 1.67. The minimum Gasteiger partial charge on any atom is -0.508 e. The van der Waals surface area contributed by atoms with Crippen LogP contribution in [0.5, 0.6) is 5.75 Å². The Labute approximate surface area is 99.3 Å². The van der Waals surface area contributed by atoms with Crippen molar-refractivity contribution in [1.29, 1.82) is 0 Å². The van der Waals surface area contributed by atoms with Crippen molar-refractivity contribution < 1.29 is 9.63 Å². The van der Waals surface area contributed by atoms with Crippen molar-refractivity contribution in [3.05, 3.63) is 41.5 Å². The molecule has 1 saturated carbocycles. The molecular weight excluding hydrogens is 216 g/mol. The van der Waals surface area contributed by atoms with Gasteiger partial charge >= 0.3 is 0 Å². The topological polar surface area (TPSA) is 59.2 Å². The molecule has 4 nitrogen and oxygen atoms in total. The number of aromatic nitrogens is 2. The molecule has 2 aromatic rings. The number of aromatic hydroxyl groups is 1. The summed E-state index contributed by atoms with van der Waals surface area (Å²) in [5.74, 6) is 2.51. The molecule has 0 radical (unpaired) electrons. The second-order valence-corrected chi connectivity index (χ2v) is 4.60. The first kappa shape index (κ1) is 10.3. The fraction of sp³-hybridized carbons (Fsp3) is 0.385. The van der Waals surface area contributed by atoms with E-state index in [2.05, 4.69) is 10.1 Å². The molecule has 0 unspecified atom stereocenters. The third-order valence-corrected chi connectivity index (χ3v) is 2.97. The molecule has 0 bridgehead atoms. The standard InChI is InChI=1S/C13H14N2O2/c16-11-5-3-10(4-6-11)8-13-14-12(15-17-13)7-9-1-2-9/h3-6,9,16H,1-2,7-8H2. The summed E-state index contributed by atoms with van der Waals surface area (Å²) in [5, 5.41) is 13.2. The van der Waals surface area contributed by atoms with Gasteiger partial charge in [-0.1, -0.05) is 17.3 Å². The van der Waals surface area contributed by atoms with Crippen molar-refractivity contribution in [1.82, 2.24) is 10.1 Å². The number of hydrogen-bond donors (Lipinski definition) is 1. The normalized spacial score (nSPS) is 15.1. The van der Waals surface area contributed by atoms with Crippen molar-refractivity contribution in [2.75, 3.05) is 0 Å². The number of benzene rings is 1. The van der Waals surface area contributed by atoms with Crippen molar-refractivity contribution in [2.24, 2.45) is 5.92 Å². The van der Waals surface area contributed by atoms with Gasteiger partial charge in [0, 0.05) is 6.42 Å².